The molecule has 17 heavy (non-hydrogen) atoms. The molecule has 1 heterocycles. The van der Waals surface area contributed by atoms with Gasteiger partial charge in [-0.25, -0.2) is 4.79 Å². The third-order valence-corrected chi connectivity index (χ3v) is 2.07. The van der Waals surface area contributed by atoms with E-state index in [2.05, 4.69) is 5.32 Å². The molecule has 1 saturated heterocycles. The lowest BCUT2D eigenvalue weighted by Gasteiger charge is -2.07. The maximum atomic E-state index is 10.6. The molecule has 0 spiro atoms. The van der Waals surface area contributed by atoms with Crippen molar-refractivity contribution in [1.82, 2.24) is 0 Å². The topological polar surface area (TPSA) is 106 Å². The fourth-order valence-electron chi connectivity index (χ4n) is 1.29. The fraction of sp³-hybridized carbons (Fsp3) is 0.364. The number of phenols is 1. The van der Waals surface area contributed by atoms with Crippen LogP contribution in [0.1, 0.15) is 10.4 Å². The third kappa shape index (κ3) is 5.19. The molecule has 1 aliphatic rings. The van der Waals surface area contributed by atoms with E-state index in [1.54, 1.807) is 0 Å². The molecule has 0 radical (unpaired) electrons. The van der Waals surface area contributed by atoms with Crippen molar-refractivity contribution >= 4 is 5.97 Å². The summed E-state index contributed by atoms with van der Waals surface area (Å²) in [6, 6.07) is 2.91. The molecule has 94 valence electrons. The number of carboxylic acids is 1. The van der Waals surface area contributed by atoms with E-state index < -0.39 is 11.7 Å². The van der Waals surface area contributed by atoms with Gasteiger partial charge in [0, 0.05) is 0 Å². The highest BCUT2D eigenvalue weighted by Gasteiger charge is 2.01. The van der Waals surface area contributed by atoms with Crippen molar-refractivity contribution in [3.8, 4) is 11.5 Å². The van der Waals surface area contributed by atoms with Gasteiger partial charge in [-0.15, -0.1) is 5.75 Å². The predicted molar refractivity (Wildman–Crippen MR) is 57.0 cm³/mol. The molecular formula is C11H15NO5. The number of carboxylic acid groups (broad SMARTS) is 1. The molecule has 0 atom stereocenters. The van der Waals surface area contributed by atoms with Crippen LogP contribution in [0, 0.1) is 0 Å². The first-order chi connectivity index (χ1) is 8.09. The van der Waals surface area contributed by atoms with Crippen LogP contribution in [-0.4, -0.2) is 42.5 Å². The molecule has 1 aromatic carbocycles. The van der Waals surface area contributed by atoms with Gasteiger partial charge in [0.05, 0.1) is 31.9 Å². The van der Waals surface area contributed by atoms with Crippen molar-refractivity contribution in [1.29, 1.82) is 0 Å². The average Bonchev–Trinajstić information content (AvgIpc) is 2.31. The Morgan fingerprint density at radius 3 is 2.29 bits per heavy atom. The fourth-order valence-corrected chi connectivity index (χ4v) is 1.29. The highest BCUT2D eigenvalue weighted by Crippen LogP contribution is 2.17. The molecular weight excluding hydrogens is 226 g/mol. The molecule has 0 bridgehead atoms. The number of hydrogen-bond acceptors (Lipinski definition) is 4. The number of hydrogen-bond donors (Lipinski definition) is 3. The van der Waals surface area contributed by atoms with E-state index in [9.17, 15) is 9.90 Å². The highest BCUT2D eigenvalue weighted by atomic mass is 16.5. The summed E-state index contributed by atoms with van der Waals surface area (Å²) >= 11 is 0. The smallest absolute Gasteiger partial charge is 0.335 e. The van der Waals surface area contributed by atoms with E-state index in [4.69, 9.17) is 14.9 Å². The van der Waals surface area contributed by atoms with Crippen LogP contribution in [0.25, 0.3) is 0 Å². The van der Waals surface area contributed by atoms with Crippen molar-refractivity contribution in [2.24, 2.45) is 0 Å². The van der Waals surface area contributed by atoms with Crippen LogP contribution < -0.4 is 10.4 Å². The van der Waals surface area contributed by atoms with Crippen LogP contribution in [0.15, 0.2) is 18.2 Å². The van der Waals surface area contributed by atoms with Gasteiger partial charge in [-0.05, 0) is 12.1 Å². The average molecular weight is 241 g/mol. The number of nitrogens with two attached hydrogens (primary N) is 1. The largest absolute Gasteiger partial charge is 0.872 e. The molecule has 1 fully saturated rings. The minimum atomic E-state index is -1.22. The number of rotatable bonds is 1. The van der Waals surface area contributed by atoms with Gasteiger partial charge in [0.1, 0.15) is 5.75 Å². The predicted octanol–water partition coefficient (Wildman–Crippen LogP) is -1.26. The summed E-state index contributed by atoms with van der Waals surface area (Å²) in [4.78, 5) is 10.3. The molecule has 1 aromatic rings. The summed E-state index contributed by atoms with van der Waals surface area (Å²) in [6.45, 7) is 4.19. The van der Waals surface area contributed by atoms with Gasteiger partial charge in [-0.2, -0.15) is 0 Å². The Bertz CT molecular complexity index is 344. The first-order valence-corrected chi connectivity index (χ1v) is 5.23. The molecule has 6 nitrogen and oxygen atoms in total. The molecule has 0 aromatic heterocycles. The SMILES string of the molecule is C1COCC[NH2+]1.O=C(O)c1cc([O-])cc(O)c1. The third-order valence-electron chi connectivity index (χ3n) is 2.07. The van der Waals surface area contributed by atoms with Gasteiger partial charge in [-0.3, -0.25) is 0 Å². The number of carbonyl (C=O) groups is 1. The molecule has 0 unspecified atom stereocenters. The Hall–Kier alpha value is -1.79. The van der Waals surface area contributed by atoms with Crippen LogP contribution >= 0.6 is 0 Å². The number of ether oxygens (including phenoxy) is 1. The van der Waals surface area contributed by atoms with Crippen molar-refractivity contribution < 1.29 is 30.2 Å². The summed E-state index contributed by atoms with van der Waals surface area (Å²) in [7, 11) is 0. The maximum Gasteiger partial charge on any atom is 0.335 e. The lowest BCUT2D eigenvalue weighted by Crippen LogP contribution is -2.87. The van der Waals surface area contributed by atoms with E-state index in [0.717, 1.165) is 44.5 Å². The Kier molecular flexibility index (Phi) is 5.25. The second-order valence-corrected chi connectivity index (χ2v) is 3.50. The summed E-state index contributed by atoms with van der Waals surface area (Å²) in [5.74, 6) is -2.06. The highest BCUT2D eigenvalue weighted by molar-refractivity contribution is 5.88. The van der Waals surface area contributed by atoms with E-state index >= 15 is 0 Å². The Balaban J connectivity index is 0.000000202. The van der Waals surface area contributed by atoms with Crippen LogP contribution in [0.2, 0.25) is 0 Å². The van der Waals surface area contributed by atoms with Crippen molar-refractivity contribution in [3.05, 3.63) is 23.8 Å². The molecule has 0 amide bonds. The van der Waals surface area contributed by atoms with Crippen molar-refractivity contribution in [2.45, 2.75) is 0 Å². The van der Waals surface area contributed by atoms with E-state index in [1.807, 2.05) is 0 Å². The van der Waals surface area contributed by atoms with Crippen molar-refractivity contribution in [2.75, 3.05) is 26.3 Å². The normalized spacial score (nSPS) is 14.6. The van der Waals surface area contributed by atoms with E-state index in [-0.39, 0.29) is 11.3 Å². The number of morpholine rings is 1. The lowest BCUT2D eigenvalue weighted by atomic mass is 10.2. The first-order valence-electron chi connectivity index (χ1n) is 5.23. The van der Waals surface area contributed by atoms with Crippen molar-refractivity contribution in [3.63, 3.8) is 0 Å². The zero-order valence-corrected chi connectivity index (χ0v) is 9.26. The quantitative estimate of drug-likeness (QED) is 0.569. The monoisotopic (exact) mass is 241 g/mol. The van der Waals surface area contributed by atoms with E-state index in [0.29, 0.717) is 0 Å². The van der Waals surface area contributed by atoms with Gasteiger partial charge in [0.15, 0.2) is 0 Å². The number of phenolic OH excluding ortho intramolecular Hbond substituents is 1. The second kappa shape index (κ2) is 6.72. The minimum absolute atomic E-state index is 0.199. The summed E-state index contributed by atoms with van der Waals surface area (Å²) < 4.78 is 5.04. The summed E-state index contributed by atoms with van der Waals surface area (Å²) in [5, 5.41) is 30.0. The second-order valence-electron chi connectivity index (χ2n) is 3.50. The summed E-state index contributed by atoms with van der Waals surface area (Å²) in [5.41, 5.74) is -0.199. The van der Waals surface area contributed by atoms with Crippen LogP contribution in [0.4, 0.5) is 0 Å². The maximum absolute atomic E-state index is 10.6. The lowest BCUT2D eigenvalue weighted by molar-refractivity contribution is -0.670. The molecule has 4 N–H and O–H groups in total. The van der Waals surface area contributed by atoms with Gasteiger partial charge < -0.3 is 25.4 Å². The minimum Gasteiger partial charge on any atom is -0.872 e. The number of benzene rings is 1. The van der Waals surface area contributed by atoms with Gasteiger partial charge in [0.2, 0.25) is 0 Å². The van der Waals surface area contributed by atoms with Gasteiger partial charge >= 0.3 is 5.97 Å². The number of aromatic hydroxyl groups is 1. The first kappa shape index (κ1) is 13.3. The molecule has 6 heteroatoms. The van der Waals surface area contributed by atoms with E-state index in [1.165, 1.54) is 0 Å². The van der Waals surface area contributed by atoms with Crippen LogP contribution in [0.3, 0.4) is 0 Å². The molecule has 0 aliphatic carbocycles. The number of aromatic carboxylic acids is 1. The standard InChI is InChI=1S/C7H6O4.C4H9NO/c8-5-1-4(7(10)11)2-6(9)3-5;1-3-6-4-2-5-1/h1-3,8-9H,(H,10,11);5H,1-4H2. The number of quaternary nitrogens is 1. The van der Waals surface area contributed by atoms with Crippen LogP contribution in [-0.2, 0) is 4.74 Å². The zero-order valence-electron chi connectivity index (χ0n) is 9.26. The van der Waals surface area contributed by atoms with Gasteiger partial charge in [-0.1, -0.05) is 6.07 Å². The van der Waals surface area contributed by atoms with Gasteiger partial charge in [0.25, 0.3) is 0 Å². The van der Waals surface area contributed by atoms with Crippen LogP contribution in [0.5, 0.6) is 11.5 Å². The Morgan fingerprint density at radius 2 is 1.94 bits per heavy atom. The Labute approximate surface area is 98.5 Å². The zero-order chi connectivity index (χ0) is 12.7. The molecule has 1 aliphatic heterocycles. The summed E-state index contributed by atoms with van der Waals surface area (Å²) in [6.07, 6.45) is 0. The molecule has 0 saturated carbocycles. The Morgan fingerprint density at radius 1 is 1.29 bits per heavy atom. The molecule has 2 rings (SSSR count).